The summed E-state index contributed by atoms with van der Waals surface area (Å²) in [4.78, 5) is 28.4. The molecule has 0 unspecified atom stereocenters. The molecule has 7 rings (SSSR count). The SMILES string of the molecule is CN(CCCC(=O)O)C(=O)c1cc2ccccc2cc1-c1c2ccc(=NCc3ccc(S(=O)(=O)O)cc3)c(S(=O)(=O)O)c-2oc2c(S(=O)(=O)O)c(NCc3ccccc3S(=O)(=O)O)ccc12. The lowest BCUT2D eigenvalue weighted by Crippen LogP contribution is -2.28. The average Bonchev–Trinajstić information content (AvgIpc) is 3.24. The number of nitrogens with zero attached hydrogens (tertiary/aromatic N) is 2. The lowest BCUT2D eigenvalue weighted by molar-refractivity contribution is -0.137. The first-order chi connectivity index (χ1) is 30.9. The minimum absolute atomic E-state index is 0.0119. The number of carboxylic acids is 1. The van der Waals surface area contributed by atoms with Gasteiger partial charge in [-0.1, -0.05) is 54.6 Å². The fourth-order valence-electron chi connectivity index (χ4n) is 7.45. The van der Waals surface area contributed by atoms with E-state index in [4.69, 9.17) is 4.42 Å². The zero-order valence-electron chi connectivity index (χ0n) is 34.2. The summed E-state index contributed by atoms with van der Waals surface area (Å²) in [6.45, 7) is -0.818. The van der Waals surface area contributed by atoms with Crippen molar-refractivity contribution in [2.75, 3.05) is 18.9 Å². The summed E-state index contributed by atoms with van der Waals surface area (Å²) < 4.78 is 149. The normalized spacial score (nSPS) is 12.8. The summed E-state index contributed by atoms with van der Waals surface area (Å²) in [5.41, 5.74) is -0.935. The van der Waals surface area contributed by atoms with Crippen LogP contribution in [0.4, 0.5) is 5.69 Å². The van der Waals surface area contributed by atoms with Crippen LogP contribution in [-0.2, 0) is 58.4 Å². The first-order valence-corrected chi connectivity index (χ1v) is 25.1. The highest BCUT2D eigenvalue weighted by atomic mass is 32.2. The van der Waals surface area contributed by atoms with Crippen LogP contribution >= 0.6 is 0 Å². The van der Waals surface area contributed by atoms with E-state index in [9.17, 15) is 66.6 Å². The van der Waals surface area contributed by atoms with Crippen molar-refractivity contribution in [3.63, 3.8) is 0 Å². The number of aliphatic carboxylic acids is 1. The predicted molar refractivity (Wildman–Crippen MR) is 238 cm³/mol. The van der Waals surface area contributed by atoms with Gasteiger partial charge in [0.1, 0.15) is 0 Å². The van der Waals surface area contributed by atoms with Gasteiger partial charge < -0.3 is 19.7 Å². The van der Waals surface area contributed by atoms with Crippen LogP contribution in [0.3, 0.4) is 0 Å². The topological polar surface area (TPSA) is 313 Å². The highest BCUT2D eigenvalue weighted by Crippen LogP contribution is 2.47. The number of amides is 1. The Labute approximate surface area is 377 Å². The third-order valence-corrected chi connectivity index (χ3v) is 14.1. The van der Waals surface area contributed by atoms with Gasteiger partial charge in [0.2, 0.25) is 0 Å². The molecule has 6 N–H and O–H groups in total. The summed E-state index contributed by atoms with van der Waals surface area (Å²) in [5.74, 6) is -2.42. The average molecular weight is 980 g/mol. The molecule has 1 aliphatic carbocycles. The number of hydrogen-bond donors (Lipinski definition) is 6. The molecule has 1 amide bonds. The van der Waals surface area contributed by atoms with Gasteiger partial charge in [0.15, 0.2) is 21.1 Å². The van der Waals surface area contributed by atoms with Crippen LogP contribution < -0.4 is 10.7 Å². The summed E-state index contributed by atoms with van der Waals surface area (Å²) in [5, 5.41) is 12.5. The highest BCUT2D eigenvalue weighted by molar-refractivity contribution is 7.86. The van der Waals surface area contributed by atoms with Crippen LogP contribution in [0.2, 0.25) is 0 Å². The molecule has 23 heteroatoms. The van der Waals surface area contributed by atoms with Gasteiger partial charge in [-0.15, -0.1) is 0 Å². The van der Waals surface area contributed by atoms with E-state index in [1.807, 2.05) is 0 Å². The zero-order valence-corrected chi connectivity index (χ0v) is 37.4. The van der Waals surface area contributed by atoms with Gasteiger partial charge in [-0.3, -0.25) is 32.8 Å². The molecule has 0 bridgehead atoms. The van der Waals surface area contributed by atoms with E-state index in [1.165, 1.54) is 72.6 Å². The number of carbonyl (C=O) groups is 2. The summed E-state index contributed by atoms with van der Waals surface area (Å²) >= 11 is 0. The number of anilines is 1. The third-order valence-electron chi connectivity index (χ3n) is 10.5. The van der Waals surface area contributed by atoms with Crippen molar-refractivity contribution in [3.8, 4) is 22.5 Å². The number of carbonyl (C=O) groups excluding carboxylic acids is 1. The van der Waals surface area contributed by atoms with Crippen molar-refractivity contribution in [1.29, 1.82) is 0 Å². The second-order valence-electron chi connectivity index (χ2n) is 14.9. The summed E-state index contributed by atoms with van der Waals surface area (Å²) in [7, 11) is -18.7. The first kappa shape index (κ1) is 47.4. The Balaban J connectivity index is 1.57. The lowest BCUT2D eigenvalue weighted by atomic mass is 9.88. The van der Waals surface area contributed by atoms with Gasteiger partial charge >= 0.3 is 5.97 Å². The van der Waals surface area contributed by atoms with Crippen LogP contribution in [0.25, 0.3) is 44.2 Å². The number of carboxylic acid groups (broad SMARTS) is 1. The quantitative estimate of drug-likeness (QED) is 0.0507. The Morgan fingerprint density at radius 2 is 1.33 bits per heavy atom. The molecule has 0 atom stereocenters. The summed E-state index contributed by atoms with van der Waals surface area (Å²) in [6.07, 6.45) is -0.178. The van der Waals surface area contributed by atoms with Crippen molar-refractivity contribution in [2.45, 2.75) is 45.5 Å². The molecule has 0 saturated heterocycles. The minimum Gasteiger partial charge on any atom is -0.481 e. The van der Waals surface area contributed by atoms with Gasteiger partial charge in [-0.2, -0.15) is 33.7 Å². The van der Waals surface area contributed by atoms with Crippen LogP contribution in [0.15, 0.2) is 138 Å². The molecule has 0 radical (unpaired) electrons. The Bertz CT molecular complexity index is 3610. The number of nitrogens with one attached hydrogen (secondary N) is 1. The minimum atomic E-state index is -5.42. The molecule has 19 nitrogen and oxygen atoms in total. The molecular weight excluding hydrogens is 943 g/mol. The monoisotopic (exact) mass is 979 g/mol. The second kappa shape index (κ2) is 18.0. The van der Waals surface area contributed by atoms with Gasteiger partial charge in [-0.05, 0) is 88.5 Å². The zero-order chi connectivity index (χ0) is 47.9. The largest absolute Gasteiger partial charge is 0.481 e. The molecule has 0 aromatic heterocycles. The van der Waals surface area contributed by atoms with Gasteiger partial charge in [-0.25, -0.2) is 0 Å². The molecule has 344 valence electrons. The van der Waals surface area contributed by atoms with Crippen molar-refractivity contribution >= 4 is 79.8 Å². The maximum absolute atomic E-state index is 14.5. The van der Waals surface area contributed by atoms with E-state index in [1.54, 1.807) is 30.3 Å². The van der Waals surface area contributed by atoms with Crippen molar-refractivity contribution in [3.05, 3.63) is 131 Å². The lowest BCUT2D eigenvalue weighted by Gasteiger charge is -2.23. The van der Waals surface area contributed by atoms with Crippen LogP contribution in [0.1, 0.15) is 34.3 Å². The van der Waals surface area contributed by atoms with Crippen LogP contribution in [0.5, 0.6) is 0 Å². The maximum Gasteiger partial charge on any atom is 0.303 e. The molecule has 1 heterocycles. The van der Waals surface area contributed by atoms with E-state index in [0.717, 1.165) is 18.2 Å². The highest BCUT2D eigenvalue weighted by Gasteiger charge is 2.33. The number of benzene rings is 6. The second-order valence-corrected chi connectivity index (χ2v) is 20.4. The molecule has 66 heavy (non-hydrogen) atoms. The van der Waals surface area contributed by atoms with Crippen molar-refractivity contribution in [2.24, 2.45) is 4.99 Å². The third kappa shape index (κ3) is 9.97. The number of hydrogen-bond acceptors (Lipinski definition) is 13. The number of fused-ring (bicyclic) bond motifs is 3. The van der Waals surface area contributed by atoms with Gasteiger partial charge in [0, 0.05) is 48.6 Å². The van der Waals surface area contributed by atoms with Gasteiger partial charge in [0.05, 0.1) is 27.4 Å². The van der Waals surface area contributed by atoms with E-state index >= 15 is 0 Å². The van der Waals surface area contributed by atoms with Crippen LogP contribution in [-0.4, -0.2) is 87.4 Å². The molecule has 0 fully saturated rings. The molecule has 2 aliphatic rings. The number of rotatable bonds is 15. The maximum atomic E-state index is 14.5. The molecule has 0 saturated carbocycles. The van der Waals surface area contributed by atoms with Crippen LogP contribution in [0, 0.1) is 0 Å². The van der Waals surface area contributed by atoms with E-state index in [2.05, 4.69) is 10.3 Å². The standard InChI is InChI=1S/C43H37N3O16S4/c1-46(20-6-11-37(47)48)43(49)33-22-27-8-3-2-7-26(27)21-32(33)38-30-16-18-34(44-23-25-12-14-29(15-13-25)63(50,51)52)41(65(56,57)58)39(30)62-40-31(38)17-19-35(42(40)66(59,60)61)45-24-28-9-4-5-10-36(28)64(53,54)55/h2-5,7-10,12-19,21-22,45H,6,11,20,23-24H2,1H3,(H,47,48)(H,50,51,52)(H,53,54,55)(H,56,57,58)(H,59,60,61). The Morgan fingerprint density at radius 3 is 1.95 bits per heavy atom. The molecule has 5 aromatic rings. The molecule has 0 spiro atoms. The van der Waals surface area contributed by atoms with Crippen molar-refractivity contribution < 1.29 is 71.0 Å². The Kier molecular flexibility index (Phi) is 12.9. The fourth-order valence-corrected chi connectivity index (χ4v) is 10.2. The summed E-state index contributed by atoms with van der Waals surface area (Å²) in [6, 6.07) is 25.0. The smallest absolute Gasteiger partial charge is 0.303 e. The van der Waals surface area contributed by atoms with Gasteiger partial charge in [0.25, 0.3) is 46.4 Å². The molecule has 5 aromatic carbocycles. The van der Waals surface area contributed by atoms with E-state index in [0.29, 0.717) is 16.3 Å². The Hall–Kier alpha value is -6.57. The fraction of sp³-hybridized carbons (Fsp3) is 0.140. The molecular formula is C43H37N3O16S4. The predicted octanol–water partition coefficient (Wildman–Crippen LogP) is 5.99. The molecule has 1 aliphatic heterocycles. The Morgan fingerprint density at radius 1 is 0.697 bits per heavy atom. The van der Waals surface area contributed by atoms with Crippen molar-refractivity contribution in [1.82, 2.24) is 4.90 Å². The van der Waals surface area contributed by atoms with E-state index < -0.39 is 101 Å². The first-order valence-electron chi connectivity index (χ1n) is 19.3. The van der Waals surface area contributed by atoms with E-state index in [-0.39, 0.29) is 59.1 Å².